The highest BCUT2D eigenvalue weighted by Gasteiger charge is 2.38. The van der Waals surface area contributed by atoms with E-state index in [2.05, 4.69) is 42.6 Å². The number of hydrogen-bond acceptors (Lipinski definition) is 2. The Morgan fingerprint density at radius 1 is 1.04 bits per heavy atom. The molecule has 1 N–H and O–H groups in total. The van der Waals surface area contributed by atoms with Crippen LogP contribution in [0.25, 0.3) is 11.1 Å². The Bertz CT molecular complexity index is 796. The first-order valence-electron chi connectivity index (χ1n) is 7.92. The zero-order valence-electron chi connectivity index (χ0n) is 13.0. The lowest BCUT2D eigenvalue weighted by molar-refractivity contribution is -0.133. The molecule has 0 unspecified atom stereocenters. The van der Waals surface area contributed by atoms with Gasteiger partial charge in [-0.05, 0) is 42.2 Å². The Morgan fingerprint density at radius 2 is 1.78 bits per heavy atom. The first-order chi connectivity index (χ1) is 11.1. The minimum atomic E-state index is -0.322. The van der Waals surface area contributed by atoms with Gasteiger partial charge >= 0.3 is 0 Å². The Morgan fingerprint density at radius 3 is 2.57 bits per heavy atom. The molecule has 4 nitrogen and oxygen atoms in total. The van der Waals surface area contributed by atoms with Crippen molar-refractivity contribution in [2.45, 2.75) is 32.4 Å². The number of nitrogens with one attached hydrogen (secondary N) is 1. The van der Waals surface area contributed by atoms with Gasteiger partial charge in [0, 0.05) is 18.7 Å². The summed E-state index contributed by atoms with van der Waals surface area (Å²) in [6.07, 6.45) is 1.08. The smallest absolute Gasteiger partial charge is 0.247 e. The number of benzene rings is 2. The molecule has 0 aromatic heterocycles. The van der Waals surface area contributed by atoms with Crippen molar-refractivity contribution in [3.63, 3.8) is 0 Å². The van der Waals surface area contributed by atoms with Gasteiger partial charge in [0.25, 0.3) is 0 Å². The summed E-state index contributed by atoms with van der Waals surface area (Å²) in [4.78, 5) is 26.1. The van der Waals surface area contributed by atoms with E-state index in [1.165, 1.54) is 5.56 Å². The summed E-state index contributed by atoms with van der Waals surface area (Å²) in [5.74, 6) is -0.00331. The van der Waals surface area contributed by atoms with E-state index >= 15 is 0 Å². The first-order valence-corrected chi connectivity index (χ1v) is 7.92. The van der Waals surface area contributed by atoms with Gasteiger partial charge in [0.05, 0.1) is 0 Å². The number of rotatable bonds is 1. The number of carbonyl (C=O) groups is 2. The summed E-state index contributed by atoms with van der Waals surface area (Å²) < 4.78 is 0. The molecule has 1 fully saturated rings. The Balaban J connectivity index is 1.74. The molecule has 4 rings (SSSR count). The van der Waals surface area contributed by atoms with Crippen molar-refractivity contribution < 1.29 is 9.59 Å². The molecule has 1 saturated heterocycles. The van der Waals surface area contributed by atoms with Gasteiger partial charge in [-0.1, -0.05) is 35.9 Å². The fourth-order valence-corrected chi connectivity index (χ4v) is 3.38. The summed E-state index contributed by atoms with van der Waals surface area (Å²) in [5.41, 5.74) is 5.27. The van der Waals surface area contributed by atoms with Crippen LogP contribution in [0.3, 0.4) is 0 Å². The third-order valence-corrected chi connectivity index (χ3v) is 4.72. The molecule has 2 aromatic rings. The lowest BCUT2D eigenvalue weighted by atomic mass is 10.0. The summed E-state index contributed by atoms with van der Waals surface area (Å²) in [6.45, 7) is 2.56. The van der Waals surface area contributed by atoms with Crippen LogP contribution in [0.4, 0.5) is 5.69 Å². The maximum absolute atomic E-state index is 12.3. The molecule has 2 aromatic carbocycles. The number of amides is 2. The lowest BCUT2D eigenvalue weighted by Gasteiger charge is -2.20. The van der Waals surface area contributed by atoms with E-state index < -0.39 is 0 Å². The van der Waals surface area contributed by atoms with E-state index in [0.29, 0.717) is 19.4 Å². The number of aryl methyl sites for hydroxylation is 1. The van der Waals surface area contributed by atoms with Gasteiger partial charge in [0.1, 0.15) is 6.04 Å². The molecule has 0 saturated carbocycles. The topological polar surface area (TPSA) is 49.4 Å². The Kier molecular flexibility index (Phi) is 3.18. The minimum absolute atomic E-state index is 0.0683. The van der Waals surface area contributed by atoms with Crippen molar-refractivity contribution >= 4 is 17.5 Å². The number of carbonyl (C=O) groups excluding carboxylic acids is 2. The second-order valence-electron chi connectivity index (χ2n) is 6.30. The molecule has 4 heteroatoms. The predicted octanol–water partition coefficient (Wildman–Crippen LogP) is 3.11. The minimum Gasteiger partial charge on any atom is -0.326 e. The molecular weight excluding hydrogens is 288 g/mol. The second-order valence-corrected chi connectivity index (χ2v) is 6.30. The van der Waals surface area contributed by atoms with Gasteiger partial charge in [-0.15, -0.1) is 0 Å². The molecule has 2 aliphatic rings. The molecule has 116 valence electrons. The molecular formula is C19H18N2O2. The van der Waals surface area contributed by atoms with E-state index in [4.69, 9.17) is 0 Å². The molecule has 0 bridgehead atoms. The number of fused-ring (bicyclic) bond motifs is 2. The predicted molar refractivity (Wildman–Crippen MR) is 88.8 cm³/mol. The third-order valence-electron chi connectivity index (χ3n) is 4.72. The van der Waals surface area contributed by atoms with Gasteiger partial charge in [-0.2, -0.15) is 0 Å². The van der Waals surface area contributed by atoms with Crippen LogP contribution in [0.5, 0.6) is 0 Å². The van der Waals surface area contributed by atoms with E-state index in [9.17, 15) is 9.59 Å². The number of nitrogens with zero attached hydrogens (tertiary/aromatic N) is 1. The zero-order chi connectivity index (χ0) is 16.0. The fraction of sp³-hybridized carbons (Fsp3) is 0.263. The van der Waals surface area contributed by atoms with Crippen molar-refractivity contribution in [1.82, 2.24) is 4.90 Å². The maximum Gasteiger partial charge on any atom is 0.247 e. The quantitative estimate of drug-likeness (QED) is 0.880. The molecule has 23 heavy (non-hydrogen) atoms. The SMILES string of the molecule is Cc1ccc(-c2ccc3c(c2)CN2C(=O)CC[C@@H]2C(=O)N3)cc1. The normalized spacial score (nSPS) is 19.9. The van der Waals surface area contributed by atoms with Gasteiger partial charge < -0.3 is 10.2 Å². The van der Waals surface area contributed by atoms with Crippen molar-refractivity contribution in [2.75, 3.05) is 5.32 Å². The molecule has 0 radical (unpaired) electrons. The summed E-state index contributed by atoms with van der Waals surface area (Å²) in [7, 11) is 0. The van der Waals surface area contributed by atoms with Gasteiger partial charge in [0.2, 0.25) is 11.8 Å². The maximum atomic E-state index is 12.3. The third kappa shape index (κ3) is 2.40. The van der Waals surface area contributed by atoms with Crippen LogP contribution in [0.1, 0.15) is 24.0 Å². The van der Waals surface area contributed by atoms with Crippen LogP contribution in [0, 0.1) is 6.92 Å². The lowest BCUT2D eigenvalue weighted by Crippen LogP contribution is -2.38. The summed E-state index contributed by atoms with van der Waals surface area (Å²) >= 11 is 0. The fourth-order valence-electron chi connectivity index (χ4n) is 3.38. The Labute approximate surface area is 135 Å². The average Bonchev–Trinajstić information content (AvgIpc) is 2.83. The molecule has 0 aliphatic carbocycles. The van der Waals surface area contributed by atoms with Crippen LogP contribution in [0.2, 0.25) is 0 Å². The van der Waals surface area contributed by atoms with E-state index in [-0.39, 0.29) is 17.9 Å². The second kappa shape index (κ2) is 5.23. The molecule has 0 spiro atoms. The van der Waals surface area contributed by atoms with Crippen LogP contribution in [-0.4, -0.2) is 22.8 Å². The molecule has 2 amide bonds. The van der Waals surface area contributed by atoms with Crippen LogP contribution in [0.15, 0.2) is 42.5 Å². The van der Waals surface area contributed by atoms with Crippen molar-refractivity contribution in [3.05, 3.63) is 53.6 Å². The van der Waals surface area contributed by atoms with Crippen LogP contribution >= 0.6 is 0 Å². The standard InChI is InChI=1S/C19H18N2O2/c1-12-2-4-13(5-3-12)14-6-7-16-15(10-14)11-21-17(19(23)20-16)8-9-18(21)22/h2-7,10,17H,8-9,11H2,1H3,(H,20,23)/t17-/m1/s1. The molecule has 2 heterocycles. The average molecular weight is 306 g/mol. The van der Waals surface area contributed by atoms with Crippen molar-refractivity contribution in [1.29, 1.82) is 0 Å². The van der Waals surface area contributed by atoms with E-state index in [0.717, 1.165) is 22.4 Å². The largest absolute Gasteiger partial charge is 0.326 e. The van der Waals surface area contributed by atoms with E-state index in [1.807, 2.05) is 12.1 Å². The highest BCUT2D eigenvalue weighted by Crippen LogP contribution is 2.32. The highest BCUT2D eigenvalue weighted by atomic mass is 16.2. The number of anilines is 1. The summed E-state index contributed by atoms with van der Waals surface area (Å²) in [6, 6.07) is 14.1. The van der Waals surface area contributed by atoms with Crippen molar-refractivity contribution in [3.8, 4) is 11.1 Å². The summed E-state index contributed by atoms with van der Waals surface area (Å²) in [5, 5.41) is 2.97. The number of hydrogen-bond donors (Lipinski definition) is 1. The van der Waals surface area contributed by atoms with Crippen LogP contribution in [-0.2, 0) is 16.1 Å². The molecule has 1 atom stereocenters. The van der Waals surface area contributed by atoms with Gasteiger partial charge in [-0.3, -0.25) is 9.59 Å². The van der Waals surface area contributed by atoms with Crippen molar-refractivity contribution in [2.24, 2.45) is 0 Å². The van der Waals surface area contributed by atoms with Gasteiger partial charge in [0.15, 0.2) is 0 Å². The Hall–Kier alpha value is -2.62. The van der Waals surface area contributed by atoms with Crippen LogP contribution < -0.4 is 5.32 Å². The van der Waals surface area contributed by atoms with Gasteiger partial charge in [-0.25, -0.2) is 0 Å². The van der Waals surface area contributed by atoms with E-state index in [1.54, 1.807) is 4.90 Å². The first kappa shape index (κ1) is 14.0. The monoisotopic (exact) mass is 306 g/mol. The zero-order valence-corrected chi connectivity index (χ0v) is 13.0. The molecule has 2 aliphatic heterocycles. The highest BCUT2D eigenvalue weighted by molar-refractivity contribution is 6.00.